The molecule has 0 aromatic heterocycles. The van der Waals surface area contributed by atoms with Gasteiger partial charge in [-0.2, -0.15) is 0 Å². The zero-order chi connectivity index (χ0) is 11.2. The molecule has 0 saturated carbocycles. The van der Waals surface area contributed by atoms with E-state index in [9.17, 15) is 0 Å². The third-order valence-corrected chi connectivity index (χ3v) is 3.26. The van der Waals surface area contributed by atoms with Gasteiger partial charge in [-0.05, 0) is 45.0 Å². The van der Waals surface area contributed by atoms with Crippen LogP contribution in [0.3, 0.4) is 0 Å². The van der Waals surface area contributed by atoms with E-state index in [1.54, 1.807) is 0 Å². The lowest BCUT2D eigenvalue weighted by atomic mass is 10.0. The minimum Gasteiger partial charge on any atom is -0.312 e. The van der Waals surface area contributed by atoms with E-state index in [-0.39, 0.29) is 0 Å². The number of benzene rings is 1. The summed E-state index contributed by atoms with van der Waals surface area (Å²) < 4.78 is 0. The van der Waals surface area contributed by atoms with Gasteiger partial charge in [-0.15, -0.1) is 0 Å². The molecule has 0 amide bonds. The quantitative estimate of drug-likeness (QED) is 0.816. The Kier molecular flexibility index (Phi) is 4.37. The van der Waals surface area contributed by atoms with Crippen LogP contribution in [0.4, 0.5) is 0 Å². The van der Waals surface area contributed by atoms with Gasteiger partial charge < -0.3 is 10.2 Å². The third-order valence-electron chi connectivity index (χ3n) is 3.26. The van der Waals surface area contributed by atoms with E-state index in [0.717, 1.165) is 13.0 Å². The Bertz CT molecular complexity index is 297. The second-order valence-electron chi connectivity index (χ2n) is 4.81. The zero-order valence-electron chi connectivity index (χ0n) is 10.2. The Morgan fingerprint density at radius 3 is 2.88 bits per heavy atom. The molecule has 1 aliphatic heterocycles. The van der Waals surface area contributed by atoms with Gasteiger partial charge in [0.2, 0.25) is 0 Å². The van der Waals surface area contributed by atoms with Crippen molar-refractivity contribution in [3.05, 3.63) is 35.9 Å². The average molecular weight is 218 g/mol. The van der Waals surface area contributed by atoms with Gasteiger partial charge in [0.15, 0.2) is 0 Å². The van der Waals surface area contributed by atoms with E-state index >= 15 is 0 Å². The first-order valence-electron chi connectivity index (χ1n) is 6.30. The van der Waals surface area contributed by atoms with Gasteiger partial charge in [-0.3, -0.25) is 0 Å². The fourth-order valence-corrected chi connectivity index (χ4v) is 2.38. The number of rotatable bonds is 2. The summed E-state index contributed by atoms with van der Waals surface area (Å²) in [5.41, 5.74) is 1.44. The highest BCUT2D eigenvalue weighted by molar-refractivity contribution is 5.16. The van der Waals surface area contributed by atoms with Crippen molar-refractivity contribution in [2.45, 2.75) is 25.3 Å². The van der Waals surface area contributed by atoms with Crippen LogP contribution in [0.1, 0.15) is 18.4 Å². The first kappa shape index (κ1) is 11.6. The van der Waals surface area contributed by atoms with E-state index in [2.05, 4.69) is 47.6 Å². The minimum absolute atomic E-state index is 0.604. The van der Waals surface area contributed by atoms with Crippen molar-refractivity contribution >= 4 is 0 Å². The molecule has 1 atom stereocenters. The monoisotopic (exact) mass is 218 g/mol. The summed E-state index contributed by atoms with van der Waals surface area (Å²) in [4.78, 5) is 2.44. The molecule has 88 valence electrons. The molecule has 2 rings (SSSR count). The maximum Gasteiger partial charge on any atom is 0.0235 e. The Labute approximate surface area is 98.7 Å². The first-order valence-corrected chi connectivity index (χ1v) is 6.30. The van der Waals surface area contributed by atoms with Crippen molar-refractivity contribution in [1.82, 2.24) is 10.2 Å². The number of hydrogen-bond donors (Lipinski definition) is 1. The van der Waals surface area contributed by atoms with E-state index in [1.807, 2.05) is 0 Å². The molecule has 1 saturated heterocycles. The van der Waals surface area contributed by atoms with Crippen LogP contribution in [0.25, 0.3) is 0 Å². The van der Waals surface area contributed by atoms with Crippen molar-refractivity contribution in [3.8, 4) is 0 Å². The van der Waals surface area contributed by atoms with Crippen LogP contribution >= 0.6 is 0 Å². The van der Waals surface area contributed by atoms with Crippen LogP contribution in [0.2, 0.25) is 0 Å². The molecule has 1 fully saturated rings. The van der Waals surface area contributed by atoms with Crippen molar-refractivity contribution in [1.29, 1.82) is 0 Å². The summed E-state index contributed by atoms with van der Waals surface area (Å²) in [5.74, 6) is 0. The van der Waals surface area contributed by atoms with Gasteiger partial charge >= 0.3 is 0 Å². The van der Waals surface area contributed by atoms with Crippen molar-refractivity contribution < 1.29 is 0 Å². The van der Waals surface area contributed by atoms with Crippen LogP contribution in [-0.4, -0.2) is 37.6 Å². The summed E-state index contributed by atoms with van der Waals surface area (Å²) in [6.45, 7) is 3.58. The highest BCUT2D eigenvalue weighted by Gasteiger charge is 2.13. The maximum atomic E-state index is 3.66. The number of hydrogen-bond acceptors (Lipinski definition) is 2. The van der Waals surface area contributed by atoms with Crippen LogP contribution in [0.15, 0.2) is 30.3 Å². The minimum atomic E-state index is 0.604. The lowest BCUT2D eigenvalue weighted by Crippen LogP contribution is -2.43. The molecule has 16 heavy (non-hydrogen) atoms. The first-order chi connectivity index (χ1) is 7.84. The van der Waals surface area contributed by atoms with E-state index in [0.29, 0.717) is 6.04 Å². The summed E-state index contributed by atoms with van der Waals surface area (Å²) >= 11 is 0. The Hall–Kier alpha value is -0.860. The van der Waals surface area contributed by atoms with Gasteiger partial charge in [0, 0.05) is 12.6 Å². The zero-order valence-corrected chi connectivity index (χ0v) is 10.2. The standard InChI is InChI=1S/C14H22N2/c1-16-10-6-5-9-15-14(12-16)11-13-7-3-2-4-8-13/h2-4,7-8,14-15H,5-6,9-12H2,1H3/t14-/m0/s1. The Morgan fingerprint density at radius 2 is 2.06 bits per heavy atom. The molecule has 0 aliphatic carbocycles. The fourth-order valence-electron chi connectivity index (χ4n) is 2.38. The highest BCUT2D eigenvalue weighted by Crippen LogP contribution is 2.07. The SMILES string of the molecule is CN1CCCCN[C@@H](Cc2ccccc2)C1. The summed E-state index contributed by atoms with van der Waals surface area (Å²) in [5, 5.41) is 3.66. The number of nitrogens with zero attached hydrogens (tertiary/aromatic N) is 1. The maximum absolute atomic E-state index is 3.66. The lowest BCUT2D eigenvalue weighted by molar-refractivity contribution is 0.261. The molecule has 1 aliphatic rings. The van der Waals surface area contributed by atoms with E-state index in [1.165, 1.54) is 31.5 Å². The molecule has 0 radical (unpaired) electrons. The summed E-state index contributed by atoms with van der Waals surface area (Å²) in [6.07, 6.45) is 3.77. The molecule has 0 unspecified atom stereocenters. The molecule has 2 heteroatoms. The average Bonchev–Trinajstić information content (AvgIpc) is 2.27. The highest BCUT2D eigenvalue weighted by atomic mass is 15.1. The molecular weight excluding hydrogens is 196 g/mol. The molecule has 2 nitrogen and oxygen atoms in total. The molecule has 1 heterocycles. The van der Waals surface area contributed by atoms with Crippen LogP contribution in [0, 0.1) is 0 Å². The summed E-state index contributed by atoms with van der Waals surface area (Å²) in [6, 6.07) is 11.4. The van der Waals surface area contributed by atoms with Crippen molar-refractivity contribution in [3.63, 3.8) is 0 Å². The van der Waals surface area contributed by atoms with E-state index in [4.69, 9.17) is 0 Å². The van der Waals surface area contributed by atoms with Crippen LogP contribution < -0.4 is 5.32 Å². The van der Waals surface area contributed by atoms with Gasteiger partial charge in [0.05, 0.1) is 0 Å². The fraction of sp³-hybridized carbons (Fsp3) is 0.571. The van der Waals surface area contributed by atoms with Gasteiger partial charge in [0.1, 0.15) is 0 Å². The molecule has 1 aromatic carbocycles. The summed E-state index contributed by atoms with van der Waals surface area (Å²) in [7, 11) is 2.23. The van der Waals surface area contributed by atoms with Crippen molar-refractivity contribution in [2.75, 3.05) is 26.7 Å². The molecule has 0 bridgehead atoms. The third kappa shape index (κ3) is 3.62. The molecule has 1 aromatic rings. The van der Waals surface area contributed by atoms with Gasteiger partial charge in [0.25, 0.3) is 0 Å². The smallest absolute Gasteiger partial charge is 0.0235 e. The van der Waals surface area contributed by atoms with E-state index < -0.39 is 0 Å². The second kappa shape index (κ2) is 6.02. The predicted octanol–water partition coefficient (Wildman–Crippen LogP) is 1.91. The lowest BCUT2D eigenvalue weighted by Gasteiger charge is -2.28. The van der Waals surface area contributed by atoms with Crippen LogP contribution in [0.5, 0.6) is 0 Å². The molecule has 0 spiro atoms. The second-order valence-corrected chi connectivity index (χ2v) is 4.81. The topological polar surface area (TPSA) is 15.3 Å². The molecule has 1 N–H and O–H groups in total. The normalized spacial score (nSPS) is 23.7. The number of likely N-dealkylation sites (N-methyl/N-ethyl adjacent to an activating group) is 1. The molecular formula is C14H22N2. The predicted molar refractivity (Wildman–Crippen MR) is 68.7 cm³/mol. The number of nitrogens with one attached hydrogen (secondary N) is 1. The Balaban J connectivity index is 1.91. The van der Waals surface area contributed by atoms with Gasteiger partial charge in [-0.25, -0.2) is 0 Å². The Morgan fingerprint density at radius 1 is 1.25 bits per heavy atom. The van der Waals surface area contributed by atoms with Crippen LogP contribution in [-0.2, 0) is 6.42 Å². The van der Waals surface area contributed by atoms with Gasteiger partial charge in [-0.1, -0.05) is 30.3 Å². The largest absolute Gasteiger partial charge is 0.312 e. The van der Waals surface area contributed by atoms with Crippen molar-refractivity contribution in [2.24, 2.45) is 0 Å².